The average molecular weight is 426 g/mol. The van der Waals surface area contributed by atoms with Crippen molar-refractivity contribution in [2.24, 2.45) is 11.8 Å². The van der Waals surface area contributed by atoms with Gasteiger partial charge in [-0.25, -0.2) is 4.79 Å². The van der Waals surface area contributed by atoms with Crippen LogP contribution in [0.5, 0.6) is 0 Å². The van der Waals surface area contributed by atoms with E-state index in [0.29, 0.717) is 23.7 Å². The largest absolute Gasteiger partial charge is 0.444 e. The maximum atomic E-state index is 12.6. The van der Waals surface area contributed by atoms with E-state index in [1.165, 1.54) is 0 Å². The second-order valence-corrected chi connectivity index (χ2v) is 8.82. The molecular formula is C21H32ClN3O4. The normalized spacial score (nSPS) is 13.4. The predicted octanol–water partition coefficient (Wildman–Crippen LogP) is 3.37. The van der Waals surface area contributed by atoms with Crippen LogP contribution in [0.3, 0.4) is 0 Å². The van der Waals surface area contributed by atoms with Crippen molar-refractivity contribution in [2.45, 2.75) is 53.2 Å². The predicted molar refractivity (Wildman–Crippen MR) is 114 cm³/mol. The first-order chi connectivity index (χ1) is 13.4. The van der Waals surface area contributed by atoms with Crippen molar-refractivity contribution in [3.63, 3.8) is 0 Å². The molecule has 0 saturated heterocycles. The maximum Gasteiger partial charge on any atom is 0.407 e. The van der Waals surface area contributed by atoms with Crippen molar-refractivity contribution in [1.82, 2.24) is 16.0 Å². The lowest BCUT2D eigenvalue weighted by atomic mass is 10.0. The Hall–Kier alpha value is -2.28. The van der Waals surface area contributed by atoms with Crippen LogP contribution in [0.1, 0.15) is 51.9 Å². The number of nitrogens with one attached hydrogen (secondary N) is 3. The molecular weight excluding hydrogens is 394 g/mol. The zero-order valence-electron chi connectivity index (χ0n) is 18.0. The van der Waals surface area contributed by atoms with Gasteiger partial charge in [-0.3, -0.25) is 9.59 Å². The van der Waals surface area contributed by atoms with Crippen molar-refractivity contribution >= 4 is 29.5 Å². The number of alkyl carbamates (subject to hydrolysis) is 1. The molecule has 0 spiro atoms. The highest BCUT2D eigenvalue weighted by molar-refractivity contribution is 6.33. The van der Waals surface area contributed by atoms with Gasteiger partial charge in [-0.05, 0) is 44.7 Å². The lowest BCUT2D eigenvalue weighted by Gasteiger charge is -2.23. The molecule has 0 fully saturated rings. The summed E-state index contributed by atoms with van der Waals surface area (Å²) in [4.78, 5) is 36.8. The zero-order chi connectivity index (χ0) is 22.2. The summed E-state index contributed by atoms with van der Waals surface area (Å²) in [5.74, 6) is -0.816. The molecule has 0 aliphatic rings. The standard InChI is InChI=1S/C21H32ClN3O4/c1-13(2)17(25-18(26)15-9-7-8-10-16(15)22)19(27)23-11-14(3)12-24-20(28)29-21(4,5)6/h7-10,13-14,17H,11-12H2,1-6H3,(H,23,27)(H,24,28)(H,25,26)/t14-,17+/m1/s1. The molecule has 2 atom stereocenters. The number of carbonyl (C=O) groups is 3. The molecule has 0 radical (unpaired) electrons. The number of hydrogen-bond acceptors (Lipinski definition) is 4. The fraction of sp³-hybridized carbons (Fsp3) is 0.571. The van der Waals surface area contributed by atoms with Gasteiger partial charge in [0.25, 0.3) is 5.91 Å². The highest BCUT2D eigenvalue weighted by Crippen LogP contribution is 2.15. The highest BCUT2D eigenvalue weighted by atomic mass is 35.5. The van der Waals surface area contributed by atoms with E-state index in [1.807, 2.05) is 20.8 Å². The summed E-state index contributed by atoms with van der Waals surface area (Å²) < 4.78 is 5.18. The van der Waals surface area contributed by atoms with Crippen LogP contribution in [0, 0.1) is 11.8 Å². The summed E-state index contributed by atoms with van der Waals surface area (Å²) in [5.41, 5.74) is -0.242. The first-order valence-electron chi connectivity index (χ1n) is 9.70. The van der Waals surface area contributed by atoms with Gasteiger partial charge in [0.1, 0.15) is 11.6 Å². The van der Waals surface area contributed by atoms with E-state index in [-0.39, 0.29) is 17.7 Å². The molecule has 0 heterocycles. The average Bonchev–Trinajstić information content (AvgIpc) is 2.61. The van der Waals surface area contributed by atoms with Gasteiger partial charge in [0.15, 0.2) is 0 Å². The minimum Gasteiger partial charge on any atom is -0.444 e. The third kappa shape index (κ3) is 9.17. The quantitative estimate of drug-likeness (QED) is 0.594. The minimum atomic E-state index is -0.704. The number of benzene rings is 1. The summed E-state index contributed by atoms with van der Waals surface area (Å²) in [7, 11) is 0. The van der Waals surface area contributed by atoms with E-state index in [4.69, 9.17) is 16.3 Å². The van der Waals surface area contributed by atoms with Gasteiger partial charge in [0.2, 0.25) is 5.91 Å². The number of carbonyl (C=O) groups excluding carboxylic acids is 3. The first-order valence-corrected chi connectivity index (χ1v) is 10.1. The molecule has 0 aliphatic carbocycles. The Balaban J connectivity index is 2.55. The second-order valence-electron chi connectivity index (χ2n) is 8.41. The Labute approximate surface area is 177 Å². The van der Waals surface area contributed by atoms with Crippen molar-refractivity contribution in [3.05, 3.63) is 34.9 Å². The number of rotatable bonds is 8. The molecule has 1 aromatic rings. The molecule has 7 nitrogen and oxygen atoms in total. The van der Waals surface area contributed by atoms with Crippen molar-refractivity contribution in [2.75, 3.05) is 13.1 Å². The van der Waals surface area contributed by atoms with Gasteiger partial charge in [-0.1, -0.05) is 44.5 Å². The SMILES string of the molecule is CC(C)[C@H](NC(=O)c1ccccc1Cl)C(=O)NC[C@@H](C)CNC(=O)OC(C)(C)C. The van der Waals surface area contributed by atoms with Crippen molar-refractivity contribution in [1.29, 1.82) is 0 Å². The zero-order valence-corrected chi connectivity index (χ0v) is 18.7. The van der Waals surface area contributed by atoms with Crippen LogP contribution in [-0.4, -0.2) is 42.6 Å². The number of halogens is 1. The lowest BCUT2D eigenvalue weighted by Crippen LogP contribution is -2.51. The second kappa shape index (κ2) is 11.0. The fourth-order valence-corrected chi connectivity index (χ4v) is 2.65. The summed E-state index contributed by atoms with van der Waals surface area (Å²) in [6, 6.07) is 5.98. The third-order valence-electron chi connectivity index (χ3n) is 3.97. The Morgan fingerprint density at radius 2 is 1.62 bits per heavy atom. The first kappa shape index (κ1) is 24.8. The fourth-order valence-electron chi connectivity index (χ4n) is 2.43. The molecule has 29 heavy (non-hydrogen) atoms. The molecule has 1 aromatic carbocycles. The molecule has 162 valence electrons. The van der Waals surface area contributed by atoms with Gasteiger partial charge < -0.3 is 20.7 Å². The molecule has 0 saturated carbocycles. The molecule has 8 heteroatoms. The van der Waals surface area contributed by atoms with Crippen LogP contribution >= 0.6 is 11.6 Å². The monoisotopic (exact) mass is 425 g/mol. The van der Waals surface area contributed by atoms with E-state index in [0.717, 1.165) is 0 Å². The number of hydrogen-bond donors (Lipinski definition) is 3. The van der Waals surface area contributed by atoms with Crippen LogP contribution in [0.2, 0.25) is 5.02 Å². The Bertz CT molecular complexity index is 716. The van der Waals surface area contributed by atoms with Crippen LogP contribution in [0.15, 0.2) is 24.3 Å². The molecule has 3 amide bonds. The summed E-state index contributed by atoms with van der Waals surface area (Å²) >= 11 is 6.06. The van der Waals surface area contributed by atoms with E-state index >= 15 is 0 Å². The maximum absolute atomic E-state index is 12.6. The lowest BCUT2D eigenvalue weighted by molar-refractivity contribution is -0.124. The van der Waals surface area contributed by atoms with E-state index in [9.17, 15) is 14.4 Å². The molecule has 0 aliphatic heterocycles. The molecule has 0 aromatic heterocycles. The van der Waals surface area contributed by atoms with E-state index in [1.54, 1.807) is 45.0 Å². The van der Waals surface area contributed by atoms with Crippen LogP contribution < -0.4 is 16.0 Å². The van der Waals surface area contributed by atoms with E-state index < -0.39 is 23.6 Å². The van der Waals surface area contributed by atoms with Gasteiger partial charge in [0, 0.05) is 13.1 Å². The van der Waals surface area contributed by atoms with Crippen molar-refractivity contribution < 1.29 is 19.1 Å². The topological polar surface area (TPSA) is 96.5 Å². The number of ether oxygens (including phenoxy) is 1. The summed E-state index contributed by atoms with van der Waals surface area (Å²) in [6.07, 6.45) is -0.497. The Kier molecular flexibility index (Phi) is 9.43. The Morgan fingerprint density at radius 1 is 1.03 bits per heavy atom. The summed E-state index contributed by atoms with van der Waals surface area (Å²) in [6.45, 7) is 11.7. The third-order valence-corrected chi connectivity index (χ3v) is 4.30. The molecule has 0 unspecified atom stereocenters. The Morgan fingerprint density at radius 3 is 2.17 bits per heavy atom. The minimum absolute atomic E-state index is 0.0152. The van der Waals surface area contributed by atoms with Crippen molar-refractivity contribution in [3.8, 4) is 0 Å². The molecule has 0 bridgehead atoms. The van der Waals surface area contributed by atoms with Crippen LogP contribution in [-0.2, 0) is 9.53 Å². The van der Waals surface area contributed by atoms with Gasteiger partial charge in [-0.15, -0.1) is 0 Å². The summed E-state index contributed by atoms with van der Waals surface area (Å²) in [5, 5.41) is 8.58. The molecule has 3 N–H and O–H groups in total. The highest BCUT2D eigenvalue weighted by Gasteiger charge is 2.25. The van der Waals surface area contributed by atoms with Crippen LogP contribution in [0.4, 0.5) is 4.79 Å². The van der Waals surface area contributed by atoms with Gasteiger partial charge in [0.05, 0.1) is 10.6 Å². The smallest absolute Gasteiger partial charge is 0.407 e. The van der Waals surface area contributed by atoms with Gasteiger partial charge in [-0.2, -0.15) is 0 Å². The van der Waals surface area contributed by atoms with Gasteiger partial charge >= 0.3 is 6.09 Å². The number of amides is 3. The van der Waals surface area contributed by atoms with E-state index in [2.05, 4.69) is 16.0 Å². The van der Waals surface area contributed by atoms with Crippen LogP contribution in [0.25, 0.3) is 0 Å². The molecule has 1 rings (SSSR count).